The largest absolute Gasteiger partial charge is 0.453 e. The molecule has 0 aliphatic rings. The van der Waals surface area contributed by atoms with Gasteiger partial charge in [0.15, 0.2) is 5.39 Å². The summed E-state index contributed by atoms with van der Waals surface area (Å²) < 4.78 is 9.29. The lowest BCUT2D eigenvalue weighted by atomic mass is 10.2. The van der Waals surface area contributed by atoms with Crippen LogP contribution in [0, 0.1) is 10.1 Å². The first-order valence-electron chi connectivity index (χ1n) is 4.25. The zero-order valence-corrected chi connectivity index (χ0v) is 8.17. The highest BCUT2D eigenvalue weighted by atomic mass is 16.6. The van der Waals surface area contributed by atoms with Crippen LogP contribution in [0.4, 0.5) is 5.69 Å². The molecule has 0 bridgehead atoms. The predicted molar refractivity (Wildman–Crippen MR) is 53.5 cm³/mol. The van der Waals surface area contributed by atoms with Crippen molar-refractivity contribution < 1.29 is 14.1 Å². The second-order valence-corrected chi connectivity index (χ2v) is 2.90. The number of methoxy groups -OCH3 is 1. The van der Waals surface area contributed by atoms with E-state index in [1.807, 2.05) is 0 Å². The van der Waals surface area contributed by atoms with Gasteiger partial charge in [0.25, 0.3) is 5.69 Å². The van der Waals surface area contributed by atoms with Crippen LogP contribution in [0.3, 0.4) is 0 Å². The molecule has 0 spiro atoms. The third-order valence-electron chi connectivity index (χ3n) is 1.99. The number of nitrogens with zero attached hydrogens (tertiary/aromatic N) is 2. The van der Waals surface area contributed by atoms with Gasteiger partial charge in [-0.25, -0.2) is 4.79 Å². The monoisotopic (exact) mass is 222 g/mol. The highest BCUT2D eigenvalue weighted by molar-refractivity contribution is 5.86. The Labute approximate surface area is 88.4 Å². The van der Waals surface area contributed by atoms with Crippen molar-refractivity contribution in [3.05, 3.63) is 38.7 Å². The van der Waals surface area contributed by atoms with E-state index < -0.39 is 10.5 Å². The van der Waals surface area contributed by atoms with E-state index in [-0.39, 0.29) is 22.7 Å². The first-order valence-corrected chi connectivity index (χ1v) is 4.25. The molecule has 1 aromatic carbocycles. The number of non-ortho nitro benzene ring substituents is 1. The molecular formula is C9H6N2O5. The number of rotatable bonds is 2. The molecule has 16 heavy (non-hydrogen) atoms. The number of benzene rings is 1. The average Bonchev–Trinajstić information content (AvgIpc) is 2.27. The molecular weight excluding hydrogens is 216 g/mol. The predicted octanol–water partition coefficient (Wildman–Crippen LogP) is 1.10. The Balaban J connectivity index is 2.89. The highest BCUT2D eigenvalue weighted by Gasteiger charge is 2.17. The van der Waals surface area contributed by atoms with Crippen molar-refractivity contribution >= 4 is 16.6 Å². The molecule has 7 nitrogen and oxygen atoms in total. The lowest BCUT2D eigenvalue weighted by molar-refractivity contribution is -0.383. The van der Waals surface area contributed by atoms with E-state index in [0.29, 0.717) is 0 Å². The van der Waals surface area contributed by atoms with Crippen LogP contribution in [-0.2, 0) is 0 Å². The second kappa shape index (κ2) is 3.61. The minimum atomic E-state index is -0.839. The quantitative estimate of drug-likeness (QED) is 0.557. The normalized spacial score (nSPS) is 10.3. The molecule has 1 aromatic heterocycles. The standard InChI is InChI=1S/C9H6N2O5/c1-15-9-10-5-3-2-4-6(11(13)14)7(5)8(12)16-9/h2-4H,1H3. The van der Waals surface area contributed by atoms with Crippen molar-refractivity contribution in [1.82, 2.24) is 4.98 Å². The topological polar surface area (TPSA) is 95.5 Å². The van der Waals surface area contributed by atoms with Gasteiger partial charge in [-0.15, -0.1) is 0 Å². The van der Waals surface area contributed by atoms with Gasteiger partial charge in [0.2, 0.25) is 0 Å². The van der Waals surface area contributed by atoms with Gasteiger partial charge >= 0.3 is 11.7 Å². The summed E-state index contributed by atoms with van der Waals surface area (Å²) in [5.74, 6) is 0. The summed E-state index contributed by atoms with van der Waals surface area (Å²) in [5, 5.41) is 10.5. The number of nitro benzene ring substituents is 1. The average molecular weight is 222 g/mol. The summed E-state index contributed by atoms with van der Waals surface area (Å²) in [6.07, 6.45) is -0.224. The highest BCUT2D eigenvalue weighted by Crippen LogP contribution is 2.22. The zero-order valence-electron chi connectivity index (χ0n) is 8.17. The SMILES string of the molecule is COc1nc2cccc([N+](=O)[O-])c2c(=O)o1. The number of hydrogen-bond acceptors (Lipinski definition) is 6. The van der Waals surface area contributed by atoms with Crippen LogP contribution in [0.2, 0.25) is 0 Å². The maximum absolute atomic E-state index is 11.5. The first kappa shape index (κ1) is 10.1. The molecule has 0 saturated heterocycles. The van der Waals surface area contributed by atoms with E-state index >= 15 is 0 Å². The fraction of sp³-hybridized carbons (Fsp3) is 0.111. The fourth-order valence-corrected chi connectivity index (χ4v) is 1.32. The molecule has 2 rings (SSSR count). The van der Waals surface area contributed by atoms with Crippen LogP contribution < -0.4 is 10.4 Å². The van der Waals surface area contributed by atoms with Crippen molar-refractivity contribution in [2.45, 2.75) is 0 Å². The lowest BCUT2D eigenvalue weighted by Gasteiger charge is -1.99. The van der Waals surface area contributed by atoms with Crippen molar-refractivity contribution in [2.24, 2.45) is 0 Å². The van der Waals surface area contributed by atoms with Crippen molar-refractivity contribution in [1.29, 1.82) is 0 Å². The summed E-state index contributed by atoms with van der Waals surface area (Å²) in [6, 6.07) is 4.13. The summed E-state index contributed by atoms with van der Waals surface area (Å²) in [5.41, 5.74) is -1.00. The molecule has 0 saturated carbocycles. The maximum Gasteiger partial charge on any atom is 0.396 e. The minimum absolute atomic E-state index is 0.159. The Hall–Kier alpha value is -2.44. The van der Waals surface area contributed by atoms with E-state index in [1.54, 1.807) is 0 Å². The van der Waals surface area contributed by atoms with Crippen LogP contribution in [0.25, 0.3) is 10.9 Å². The third-order valence-corrected chi connectivity index (χ3v) is 1.99. The molecule has 2 aromatic rings. The molecule has 0 unspecified atom stereocenters. The van der Waals surface area contributed by atoms with Crippen molar-refractivity contribution in [3.8, 4) is 6.08 Å². The van der Waals surface area contributed by atoms with Gasteiger partial charge in [0.05, 0.1) is 17.5 Å². The fourth-order valence-electron chi connectivity index (χ4n) is 1.32. The summed E-state index contributed by atoms with van der Waals surface area (Å²) in [4.78, 5) is 25.3. The molecule has 0 atom stereocenters. The van der Waals surface area contributed by atoms with Crippen LogP contribution in [0.5, 0.6) is 6.08 Å². The molecule has 0 fully saturated rings. The van der Waals surface area contributed by atoms with Gasteiger partial charge in [-0.1, -0.05) is 6.07 Å². The van der Waals surface area contributed by atoms with Crippen LogP contribution in [0.1, 0.15) is 0 Å². The third kappa shape index (κ3) is 1.48. The van der Waals surface area contributed by atoms with Gasteiger partial charge in [0.1, 0.15) is 0 Å². The van der Waals surface area contributed by atoms with E-state index in [0.717, 1.165) is 0 Å². The minimum Gasteiger partial charge on any atom is -0.453 e. The Morgan fingerprint density at radius 1 is 1.50 bits per heavy atom. The van der Waals surface area contributed by atoms with Gasteiger partial charge in [0, 0.05) is 6.07 Å². The van der Waals surface area contributed by atoms with Gasteiger partial charge < -0.3 is 9.15 Å². The van der Waals surface area contributed by atoms with Crippen molar-refractivity contribution in [3.63, 3.8) is 0 Å². The summed E-state index contributed by atoms with van der Waals surface area (Å²) in [6.45, 7) is 0. The Morgan fingerprint density at radius 2 is 2.25 bits per heavy atom. The maximum atomic E-state index is 11.5. The van der Waals surface area contributed by atoms with Crippen LogP contribution in [-0.4, -0.2) is 17.0 Å². The van der Waals surface area contributed by atoms with E-state index in [1.165, 1.54) is 25.3 Å². The van der Waals surface area contributed by atoms with Crippen molar-refractivity contribution in [2.75, 3.05) is 7.11 Å². The Kier molecular flexibility index (Phi) is 2.28. The van der Waals surface area contributed by atoms with Gasteiger partial charge in [-0.2, -0.15) is 4.98 Å². The van der Waals surface area contributed by atoms with E-state index in [2.05, 4.69) is 14.1 Å². The molecule has 0 radical (unpaired) electrons. The summed E-state index contributed by atoms with van der Waals surface area (Å²) >= 11 is 0. The first-order chi connectivity index (χ1) is 7.63. The van der Waals surface area contributed by atoms with Crippen LogP contribution >= 0.6 is 0 Å². The summed E-state index contributed by atoms with van der Waals surface area (Å²) in [7, 11) is 1.29. The number of hydrogen-bond donors (Lipinski definition) is 0. The molecule has 1 heterocycles. The molecule has 0 amide bonds. The van der Waals surface area contributed by atoms with E-state index in [9.17, 15) is 14.9 Å². The van der Waals surface area contributed by atoms with E-state index in [4.69, 9.17) is 0 Å². The zero-order chi connectivity index (χ0) is 11.7. The smallest absolute Gasteiger partial charge is 0.396 e. The number of fused-ring (bicyclic) bond motifs is 1. The molecule has 0 aliphatic carbocycles. The Morgan fingerprint density at radius 3 is 2.88 bits per heavy atom. The number of nitro groups is 1. The molecule has 7 heteroatoms. The van der Waals surface area contributed by atoms with Gasteiger partial charge in [-0.05, 0) is 6.07 Å². The van der Waals surface area contributed by atoms with Crippen LogP contribution in [0.15, 0.2) is 27.4 Å². The number of aromatic nitrogens is 1. The molecule has 82 valence electrons. The molecule has 0 aliphatic heterocycles. The van der Waals surface area contributed by atoms with Gasteiger partial charge in [-0.3, -0.25) is 10.1 Å². The lowest BCUT2D eigenvalue weighted by Crippen LogP contribution is -2.06. The number of ether oxygens (including phenoxy) is 1. The second-order valence-electron chi connectivity index (χ2n) is 2.90. The molecule has 0 N–H and O–H groups in total. The Bertz CT molecular complexity index is 619.